The third-order valence-electron chi connectivity index (χ3n) is 1.91. The zero-order chi connectivity index (χ0) is 10.7. The quantitative estimate of drug-likeness (QED) is 0.828. The van der Waals surface area contributed by atoms with E-state index >= 15 is 0 Å². The summed E-state index contributed by atoms with van der Waals surface area (Å²) in [5.41, 5.74) is 0. The number of hydrogen-bond donors (Lipinski definition) is 2. The summed E-state index contributed by atoms with van der Waals surface area (Å²) in [7, 11) is 0. The van der Waals surface area contributed by atoms with Gasteiger partial charge in [0.2, 0.25) is 0 Å². The minimum absolute atomic E-state index is 0. The Morgan fingerprint density at radius 1 is 0.625 bits per heavy atom. The first kappa shape index (κ1) is 12.5. The molecule has 2 aromatic carbocycles. The molecule has 0 amide bonds. The van der Waals surface area contributed by atoms with Crippen LogP contribution < -0.4 is 0 Å². The summed E-state index contributed by atoms with van der Waals surface area (Å²) in [6.45, 7) is 0. The van der Waals surface area contributed by atoms with Crippen molar-refractivity contribution in [1.82, 2.24) is 0 Å². The number of aromatic hydroxyl groups is 2. The molecule has 0 radical (unpaired) electrons. The summed E-state index contributed by atoms with van der Waals surface area (Å²) in [5.74, 6) is 0.537. The third kappa shape index (κ3) is 3.21. The number of hydrogen-bond acceptors (Lipinski definition) is 3. The first-order chi connectivity index (χ1) is 7.24. The van der Waals surface area contributed by atoms with Gasteiger partial charge in [0.25, 0.3) is 0 Å². The first-order valence-corrected chi connectivity index (χ1v) is 5.31. The Morgan fingerprint density at radius 3 is 1.25 bits per heavy atom. The van der Waals surface area contributed by atoms with E-state index in [1.807, 2.05) is 24.3 Å². The summed E-state index contributed by atoms with van der Waals surface area (Å²) in [5, 5.41) is 18.2. The topological polar surface area (TPSA) is 40.5 Å². The van der Waals surface area contributed by atoms with E-state index in [1.54, 1.807) is 36.0 Å². The van der Waals surface area contributed by atoms with Gasteiger partial charge in [0.05, 0.1) is 0 Å². The molecule has 0 fully saturated rings. The molecule has 2 aromatic rings. The molecule has 0 heterocycles. The SMILES string of the molecule is C.Oc1ccc(Sc2ccc(O)cc2)cc1. The van der Waals surface area contributed by atoms with Crippen LogP contribution in [-0.2, 0) is 0 Å². The summed E-state index contributed by atoms with van der Waals surface area (Å²) >= 11 is 1.58. The molecule has 2 N–H and O–H groups in total. The van der Waals surface area contributed by atoms with Crippen LogP contribution in [0.4, 0.5) is 0 Å². The van der Waals surface area contributed by atoms with Crippen molar-refractivity contribution in [3.63, 3.8) is 0 Å². The Labute approximate surface area is 99.6 Å². The Hall–Kier alpha value is -1.61. The molecule has 2 nitrogen and oxygen atoms in total. The highest BCUT2D eigenvalue weighted by Crippen LogP contribution is 2.29. The van der Waals surface area contributed by atoms with Gasteiger partial charge in [-0.05, 0) is 48.5 Å². The molecular formula is C13H14O2S. The second-order valence-electron chi connectivity index (χ2n) is 3.09. The highest BCUT2D eigenvalue weighted by Gasteiger charge is 1.97. The van der Waals surface area contributed by atoms with Crippen molar-refractivity contribution < 1.29 is 10.2 Å². The van der Waals surface area contributed by atoms with Gasteiger partial charge in [-0.1, -0.05) is 19.2 Å². The zero-order valence-electron chi connectivity index (χ0n) is 7.92. The van der Waals surface area contributed by atoms with Gasteiger partial charge < -0.3 is 10.2 Å². The van der Waals surface area contributed by atoms with E-state index in [0.717, 1.165) is 9.79 Å². The predicted molar refractivity (Wildman–Crippen MR) is 67.1 cm³/mol. The predicted octanol–water partition coefficient (Wildman–Crippen LogP) is 3.89. The largest absolute Gasteiger partial charge is 0.508 e. The van der Waals surface area contributed by atoms with E-state index in [4.69, 9.17) is 10.2 Å². The fourth-order valence-electron chi connectivity index (χ4n) is 1.16. The lowest BCUT2D eigenvalue weighted by Gasteiger charge is -2.01. The van der Waals surface area contributed by atoms with E-state index in [-0.39, 0.29) is 18.9 Å². The smallest absolute Gasteiger partial charge is 0.115 e. The summed E-state index contributed by atoms with van der Waals surface area (Å²) in [6.07, 6.45) is 0. The third-order valence-corrected chi connectivity index (χ3v) is 2.92. The van der Waals surface area contributed by atoms with Gasteiger partial charge in [0, 0.05) is 9.79 Å². The molecule has 3 heteroatoms. The number of benzene rings is 2. The second kappa shape index (κ2) is 5.47. The van der Waals surface area contributed by atoms with E-state index in [0.29, 0.717) is 0 Å². The molecule has 0 aliphatic heterocycles. The zero-order valence-corrected chi connectivity index (χ0v) is 8.74. The van der Waals surface area contributed by atoms with Gasteiger partial charge in [-0.2, -0.15) is 0 Å². The van der Waals surface area contributed by atoms with E-state index in [1.165, 1.54) is 0 Å². The molecule has 0 bridgehead atoms. The van der Waals surface area contributed by atoms with Crippen LogP contribution in [0.3, 0.4) is 0 Å². The number of phenolic OH excluding ortho intramolecular Hbond substituents is 2. The maximum Gasteiger partial charge on any atom is 0.115 e. The Kier molecular flexibility index (Phi) is 4.26. The van der Waals surface area contributed by atoms with Crippen LogP contribution >= 0.6 is 11.8 Å². The van der Waals surface area contributed by atoms with E-state index < -0.39 is 0 Å². The van der Waals surface area contributed by atoms with Gasteiger partial charge in [-0.25, -0.2) is 0 Å². The van der Waals surface area contributed by atoms with Crippen molar-refractivity contribution in [3.8, 4) is 11.5 Å². The van der Waals surface area contributed by atoms with Gasteiger partial charge >= 0.3 is 0 Å². The molecule has 0 atom stereocenters. The van der Waals surface area contributed by atoms with Crippen LogP contribution in [0.5, 0.6) is 11.5 Å². The lowest BCUT2D eigenvalue weighted by atomic mass is 10.3. The van der Waals surface area contributed by atoms with Crippen LogP contribution in [0.2, 0.25) is 0 Å². The molecule has 0 aliphatic carbocycles. The van der Waals surface area contributed by atoms with Crippen molar-refractivity contribution in [2.45, 2.75) is 17.2 Å². The Bertz CT molecular complexity index is 391. The van der Waals surface area contributed by atoms with Crippen molar-refractivity contribution >= 4 is 11.8 Å². The molecular weight excluding hydrogens is 220 g/mol. The molecule has 0 aromatic heterocycles. The van der Waals surface area contributed by atoms with Gasteiger partial charge in [-0.15, -0.1) is 0 Å². The van der Waals surface area contributed by atoms with Crippen molar-refractivity contribution in [3.05, 3.63) is 48.5 Å². The summed E-state index contributed by atoms with van der Waals surface area (Å²) in [4.78, 5) is 2.11. The molecule has 16 heavy (non-hydrogen) atoms. The van der Waals surface area contributed by atoms with E-state index in [2.05, 4.69) is 0 Å². The average Bonchev–Trinajstić information content (AvgIpc) is 2.25. The maximum atomic E-state index is 9.12. The molecule has 0 spiro atoms. The maximum absolute atomic E-state index is 9.12. The Balaban J connectivity index is 0.00000128. The number of phenols is 2. The number of rotatable bonds is 2. The summed E-state index contributed by atoms with van der Waals surface area (Å²) < 4.78 is 0. The van der Waals surface area contributed by atoms with Gasteiger partial charge in [-0.3, -0.25) is 0 Å². The molecule has 0 saturated carbocycles. The first-order valence-electron chi connectivity index (χ1n) is 4.50. The van der Waals surface area contributed by atoms with Crippen LogP contribution in [0, 0.1) is 0 Å². The highest BCUT2D eigenvalue weighted by molar-refractivity contribution is 7.99. The fraction of sp³-hybridized carbons (Fsp3) is 0.0769. The fourth-order valence-corrected chi connectivity index (χ4v) is 1.98. The van der Waals surface area contributed by atoms with Crippen LogP contribution in [0.15, 0.2) is 58.3 Å². The minimum atomic E-state index is 0. The second-order valence-corrected chi connectivity index (χ2v) is 4.24. The van der Waals surface area contributed by atoms with Crippen molar-refractivity contribution in [2.75, 3.05) is 0 Å². The molecule has 2 rings (SSSR count). The van der Waals surface area contributed by atoms with Crippen LogP contribution in [-0.4, -0.2) is 10.2 Å². The molecule has 0 unspecified atom stereocenters. The van der Waals surface area contributed by atoms with Crippen molar-refractivity contribution in [1.29, 1.82) is 0 Å². The summed E-state index contributed by atoms with van der Waals surface area (Å²) in [6, 6.07) is 14.0. The lowest BCUT2D eigenvalue weighted by molar-refractivity contribution is 0.474. The van der Waals surface area contributed by atoms with Gasteiger partial charge in [0.1, 0.15) is 11.5 Å². The van der Waals surface area contributed by atoms with Crippen LogP contribution in [0.25, 0.3) is 0 Å². The standard InChI is InChI=1S/C12H10O2S.CH4/c13-9-1-5-11(6-2-9)15-12-7-3-10(14)4-8-12;/h1-8,13-14H;1H4. The molecule has 0 aliphatic rings. The normalized spacial score (nSPS) is 9.50. The van der Waals surface area contributed by atoms with Crippen LogP contribution in [0.1, 0.15) is 7.43 Å². The lowest BCUT2D eigenvalue weighted by Crippen LogP contribution is -1.73. The average molecular weight is 234 g/mol. The van der Waals surface area contributed by atoms with Gasteiger partial charge in [0.15, 0.2) is 0 Å². The molecule has 0 saturated heterocycles. The van der Waals surface area contributed by atoms with Crippen molar-refractivity contribution in [2.24, 2.45) is 0 Å². The monoisotopic (exact) mass is 234 g/mol. The van der Waals surface area contributed by atoms with E-state index in [9.17, 15) is 0 Å². The Morgan fingerprint density at radius 2 is 0.938 bits per heavy atom. The molecule has 84 valence electrons. The minimum Gasteiger partial charge on any atom is -0.508 e. The highest BCUT2D eigenvalue weighted by atomic mass is 32.2.